The molecule has 0 aliphatic carbocycles. The standard InChI is InChI=1S/C19H30O5/c1-4-5-6-7-8-13(2)11-14(3)18(22)16-12-15(19(23)24-16)9-10-17(20)21/h9,11,13,16,18,22H,4-8,10,12H2,1-3H3,(H,20,21). The molecule has 2 N–H and O–H groups in total. The number of allylic oxidation sites excluding steroid dienone is 1. The molecule has 1 fully saturated rings. The van der Waals surface area contributed by atoms with E-state index in [1.165, 1.54) is 31.8 Å². The summed E-state index contributed by atoms with van der Waals surface area (Å²) in [6.07, 6.45) is 7.94. The van der Waals surface area contributed by atoms with E-state index in [1.807, 2.05) is 13.0 Å². The third-order valence-electron chi connectivity index (χ3n) is 4.34. The van der Waals surface area contributed by atoms with Gasteiger partial charge in [0.2, 0.25) is 0 Å². The quantitative estimate of drug-likeness (QED) is 0.275. The van der Waals surface area contributed by atoms with E-state index in [0.29, 0.717) is 11.5 Å². The first-order valence-corrected chi connectivity index (χ1v) is 8.83. The van der Waals surface area contributed by atoms with Crippen molar-refractivity contribution in [3.63, 3.8) is 0 Å². The number of hydrogen-bond acceptors (Lipinski definition) is 4. The van der Waals surface area contributed by atoms with Crippen LogP contribution in [0.5, 0.6) is 0 Å². The normalized spacial score (nSPS) is 22.5. The summed E-state index contributed by atoms with van der Waals surface area (Å²) in [6, 6.07) is 0. The van der Waals surface area contributed by atoms with Gasteiger partial charge in [-0.3, -0.25) is 4.79 Å². The van der Waals surface area contributed by atoms with Crippen molar-refractivity contribution in [2.45, 2.75) is 77.9 Å². The Morgan fingerprint density at radius 3 is 2.71 bits per heavy atom. The Morgan fingerprint density at radius 2 is 2.08 bits per heavy atom. The van der Waals surface area contributed by atoms with E-state index in [1.54, 1.807) is 0 Å². The van der Waals surface area contributed by atoms with Gasteiger partial charge in [-0.15, -0.1) is 0 Å². The Labute approximate surface area is 144 Å². The number of unbranched alkanes of at least 4 members (excludes halogenated alkanes) is 3. The summed E-state index contributed by atoms with van der Waals surface area (Å²) < 4.78 is 5.19. The Bertz CT molecular complexity index is 492. The molecular formula is C19H30O5. The van der Waals surface area contributed by atoms with E-state index in [2.05, 4.69) is 13.8 Å². The van der Waals surface area contributed by atoms with Crippen molar-refractivity contribution in [2.24, 2.45) is 5.92 Å². The molecule has 0 spiro atoms. The highest BCUT2D eigenvalue weighted by atomic mass is 16.6. The molecule has 0 saturated carbocycles. The van der Waals surface area contributed by atoms with Crippen LogP contribution in [0.3, 0.4) is 0 Å². The van der Waals surface area contributed by atoms with Crippen molar-refractivity contribution < 1.29 is 24.5 Å². The topological polar surface area (TPSA) is 83.8 Å². The lowest BCUT2D eigenvalue weighted by molar-refractivity contribution is -0.142. The zero-order chi connectivity index (χ0) is 18.1. The van der Waals surface area contributed by atoms with E-state index in [4.69, 9.17) is 9.84 Å². The number of cyclic esters (lactones) is 1. The fourth-order valence-corrected chi connectivity index (χ4v) is 2.93. The third kappa shape index (κ3) is 6.87. The summed E-state index contributed by atoms with van der Waals surface area (Å²) in [6.45, 7) is 6.16. The van der Waals surface area contributed by atoms with Crippen molar-refractivity contribution in [3.8, 4) is 0 Å². The molecule has 1 rings (SSSR count). The number of rotatable bonds is 10. The Morgan fingerprint density at radius 1 is 1.38 bits per heavy atom. The summed E-state index contributed by atoms with van der Waals surface area (Å²) in [5, 5.41) is 19.1. The average molecular weight is 338 g/mol. The molecule has 136 valence electrons. The van der Waals surface area contributed by atoms with Crippen LogP contribution in [0.2, 0.25) is 0 Å². The number of aliphatic hydroxyl groups excluding tert-OH is 1. The van der Waals surface area contributed by atoms with Crippen LogP contribution in [0.1, 0.15) is 65.7 Å². The number of carbonyl (C=O) groups is 2. The molecule has 0 radical (unpaired) electrons. The largest absolute Gasteiger partial charge is 0.481 e. The molecule has 0 aromatic rings. The van der Waals surface area contributed by atoms with Gasteiger partial charge < -0.3 is 14.9 Å². The van der Waals surface area contributed by atoms with Gasteiger partial charge in [0.05, 0.1) is 6.42 Å². The van der Waals surface area contributed by atoms with Crippen LogP contribution in [0.25, 0.3) is 0 Å². The number of aliphatic carboxylic acids is 1. The maximum atomic E-state index is 11.7. The van der Waals surface area contributed by atoms with Crippen LogP contribution in [-0.2, 0) is 14.3 Å². The van der Waals surface area contributed by atoms with Crippen LogP contribution in [0.15, 0.2) is 23.3 Å². The summed E-state index contributed by atoms with van der Waals surface area (Å²) >= 11 is 0. The van der Waals surface area contributed by atoms with Gasteiger partial charge in [0.15, 0.2) is 0 Å². The minimum atomic E-state index is -0.993. The van der Waals surface area contributed by atoms with Gasteiger partial charge in [-0.2, -0.15) is 0 Å². The number of esters is 1. The SMILES string of the molecule is CCCCCCC(C)C=C(C)C(O)C1CC(=CCC(=O)O)C(=O)O1. The zero-order valence-corrected chi connectivity index (χ0v) is 15.0. The van der Waals surface area contributed by atoms with Crippen molar-refractivity contribution in [2.75, 3.05) is 0 Å². The second kappa shape index (κ2) is 10.3. The molecule has 24 heavy (non-hydrogen) atoms. The van der Waals surface area contributed by atoms with Gasteiger partial charge in [-0.1, -0.05) is 51.7 Å². The van der Waals surface area contributed by atoms with Gasteiger partial charge in [0, 0.05) is 12.0 Å². The smallest absolute Gasteiger partial charge is 0.334 e. The minimum Gasteiger partial charge on any atom is -0.481 e. The first-order valence-electron chi connectivity index (χ1n) is 8.83. The Hall–Kier alpha value is -1.62. The van der Waals surface area contributed by atoms with Crippen molar-refractivity contribution >= 4 is 11.9 Å². The summed E-state index contributed by atoms with van der Waals surface area (Å²) in [5.41, 5.74) is 1.14. The van der Waals surface area contributed by atoms with Gasteiger partial charge in [-0.05, 0) is 24.8 Å². The molecule has 5 nitrogen and oxygen atoms in total. The number of carbonyl (C=O) groups excluding carboxylic acids is 1. The monoisotopic (exact) mass is 338 g/mol. The van der Waals surface area contributed by atoms with E-state index in [0.717, 1.165) is 12.0 Å². The lowest BCUT2D eigenvalue weighted by atomic mass is 9.95. The Kier molecular flexibility index (Phi) is 8.76. The lowest BCUT2D eigenvalue weighted by Crippen LogP contribution is -2.27. The molecule has 3 unspecified atom stereocenters. The zero-order valence-electron chi connectivity index (χ0n) is 15.0. The molecule has 1 saturated heterocycles. The molecule has 0 aromatic heterocycles. The maximum absolute atomic E-state index is 11.7. The second-order valence-electron chi connectivity index (χ2n) is 6.66. The first kappa shape index (κ1) is 20.4. The fourth-order valence-electron chi connectivity index (χ4n) is 2.93. The Balaban J connectivity index is 2.54. The molecule has 1 heterocycles. The van der Waals surface area contributed by atoms with Gasteiger partial charge >= 0.3 is 11.9 Å². The predicted molar refractivity (Wildman–Crippen MR) is 92.5 cm³/mol. The molecular weight excluding hydrogens is 308 g/mol. The first-order chi connectivity index (χ1) is 11.3. The number of hydrogen-bond donors (Lipinski definition) is 2. The lowest BCUT2D eigenvalue weighted by Gasteiger charge is -2.19. The summed E-state index contributed by atoms with van der Waals surface area (Å²) in [5.74, 6) is -1.15. The number of carboxylic acids is 1. The number of aliphatic hydroxyl groups is 1. The van der Waals surface area contributed by atoms with Crippen LogP contribution in [0, 0.1) is 5.92 Å². The molecule has 0 amide bonds. The van der Waals surface area contributed by atoms with Gasteiger partial charge in [-0.25, -0.2) is 4.79 Å². The van der Waals surface area contributed by atoms with Crippen molar-refractivity contribution in [3.05, 3.63) is 23.3 Å². The number of ether oxygens (including phenoxy) is 1. The summed E-state index contributed by atoms with van der Waals surface area (Å²) in [7, 11) is 0. The van der Waals surface area contributed by atoms with Gasteiger partial charge in [0.1, 0.15) is 12.2 Å². The molecule has 0 aromatic carbocycles. The number of carboxylic acid groups (broad SMARTS) is 1. The minimum absolute atomic E-state index is 0.211. The van der Waals surface area contributed by atoms with E-state index in [9.17, 15) is 14.7 Å². The fraction of sp³-hybridized carbons (Fsp3) is 0.684. The van der Waals surface area contributed by atoms with E-state index < -0.39 is 24.1 Å². The second-order valence-corrected chi connectivity index (χ2v) is 6.66. The molecule has 3 atom stereocenters. The molecule has 1 aliphatic heterocycles. The molecule has 5 heteroatoms. The van der Waals surface area contributed by atoms with Crippen LogP contribution in [0.4, 0.5) is 0 Å². The van der Waals surface area contributed by atoms with E-state index in [-0.39, 0.29) is 12.8 Å². The van der Waals surface area contributed by atoms with Crippen molar-refractivity contribution in [1.29, 1.82) is 0 Å². The highest BCUT2D eigenvalue weighted by Crippen LogP contribution is 2.27. The highest BCUT2D eigenvalue weighted by Gasteiger charge is 2.34. The van der Waals surface area contributed by atoms with E-state index >= 15 is 0 Å². The molecule has 0 bridgehead atoms. The predicted octanol–water partition coefficient (Wildman–Crippen LogP) is 3.62. The summed E-state index contributed by atoms with van der Waals surface area (Å²) in [4.78, 5) is 22.3. The van der Waals surface area contributed by atoms with Gasteiger partial charge in [0.25, 0.3) is 0 Å². The van der Waals surface area contributed by atoms with Crippen molar-refractivity contribution in [1.82, 2.24) is 0 Å². The van der Waals surface area contributed by atoms with Crippen LogP contribution < -0.4 is 0 Å². The van der Waals surface area contributed by atoms with Crippen LogP contribution >= 0.6 is 0 Å². The molecule has 1 aliphatic rings. The highest BCUT2D eigenvalue weighted by molar-refractivity contribution is 5.91. The average Bonchev–Trinajstić information content (AvgIpc) is 2.89. The maximum Gasteiger partial charge on any atom is 0.334 e. The third-order valence-corrected chi connectivity index (χ3v) is 4.34. The van der Waals surface area contributed by atoms with Crippen LogP contribution in [-0.4, -0.2) is 34.4 Å².